The molecule has 15 heavy (non-hydrogen) atoms. The molecule has 0 unspecified atom stereocenters. The summed E-state index contributed by atoms with van der Waals surface area (Å²) < 4.78 is 6.12. The number of hydrogen-bond acceptors (Lipinski definition) is 1. The van der Waals surface area contributed by atoms with Crippen molar-refractivity contribution < 1.29 is 4.74 Å². The van der Waals surface area contributed by atoms with Crippen LogP contribution in [-0.2, 0) is 4.74 Å². The fraction of sp³-hybridized carbons (Fsp3) is 0.857. The Morgan fingerprint density at radius 3 is 2.93 bits per heavy atom. The minimum absolute atomic E-state index is 0.233. The van der Waals surface area contributed by atoms with Crippen molar-refractivity contribution in [3.05, 3.63) is 12.2 Å². The largest absolute Gasteiger partial charge is 0.371 e. The van der Waals surface area contributed by atoms with Crippen LogP contribution in [0, 0.1) is 11.8 Å². The fourth-order valence-electron chi connectivity index (χ4n) is 3.12. The molecule has 1 saturated carbocycles. The molecule has 2 atom stereocenters. The van der Waals surface area contributed by atoms with Crippen LogP contribution < -0.4 is 0 Å². The Morgan fingerprint density at radius 2 is 2.13 bits per heavy atom. The van der Waals surface area contributed by atoms with Crippen LogP contribution in [0.4, 0.5) is 0 Å². The second kappa shape index (κ2) is 4.69. The molecule has 1 nitrogen and oxygen atoms in total. The maximum Gasteiger partial charge on any atom is 0.0692 e. The summed E-state index contributed by atoms with van der Waals surface area (Å²) in [5.74, 6) is 1.71. The number of hydrogen-bond donors (Lipinski definition) is 0. The highest BCUT2D eigenvalue weighted by Crippen LogP contribution is 2.42. The monoisotopic (exact) mass is 208 g/mol. The molecule has 0 saturated heterocycles. The smallest absolute Gasteiger partial charge is 0.0692 e. The van der Waals surface area contributed by atoms with E-state index in [4.69, 9.17) is 4.74 Å². The van der Waals surface area contributed by atoms with E-state index in [9.17, 15) is 0 Å². The third kappa shape index (κ3) is 2.63. The van der Waals surface area contributed by atoms with Gasteiger partial charge in [0.25, 0.3) is 0 Å². The Labute approximate surface area is 93.9 Å². The van der Waals surface area contributed by atoms with E-state index in [0.717, 1.165) is 18.4 Å². The first-order chi connectivity index (χ1) is 7.22. The Hall–Kier alpha value is -0.300. The van der Waals surface area contributed by atoms with Crippen LogP contribution >= 0.6 is 0 Å². The van der Waals surface area contributed by atoms with Crippen molar-refractivity contribution in [3.63, 3.8) is 0 Å². The summed E-state index contributed by atoms with van der Waals surface area (Å²) in [5.41, 5.74) is 0.233. The van der Waals surface area contributed by atoms with Crippen LogP contribution in [-0.4, -0.2) is 12.2 Å². The lowest BCUT2D eigenvalue weighted by atomic mass is 9.72. The molecule has 1 fully saturated rings. The molecule has 2 aliphatic rings. The van der Waals surface area contributed by atoms with Gasteiger partial charge in [0, 0.05) is 0 Å². The van der Waals surface area contributed by atoms with Crippen molar-refractivity contribution >= 4 is 0 Å². The number of allylic oxidation sites excluding steroid dienone is 1. The lowest BCUT2D eigenvalue weighted by Crippen LogP contribution is -2.39. The van der Waals surface area contributed by atoms with Gasteiger partial charge in [-0.05, 0) is 43.9 Å². The zero-order valence-electron chi connectivity index (χ0n) is 10.2. The lowest BCUT2D eigenvalue weighted by Gasteiger charge is -2.41. The van der Waals surface area contributed by atoms with Gasteiger partial charge in [0.05, 0.1) is 12.2 Å². The third-order valence-corrected chi connectivity index (χ3v) is 4.20. The molecule has 1 aliphatic carbocycles. The standard InChI is InChI=1S/C14H24O/c1-12(2)13-7-6-9-14(11-13)8-4-3-5-10-15-14/h3,5,12-13H,4,6-11H2,1-2H3/t13-,14+/m1/s1. The summed E-state index contributed by atoms with van der Waals surface area (Å²) in [6.45, 7) is 5.56. The van der Waals surface area contributed by atoms with Crippen LogP contribution in [0.1, 0.15) is 52.4 Å². The average Bonchev–Trinajstić information content (AvgIpc) is 2.44. The minimum Gasteiger partial charge on any atom is -0.371 e. The first kappa shape index (κ1) is 11.2. The number of ether oxygens (including phenoxy) is 1. The van der Waals surface area contributed by atoms with E-state index in [0.29, 0.717) is 0 Å². The van der Waals surface area contributed by atoms with Gasteiger partial charge in [-0.3, -0.25) is 0 Å². The van der Waals surface area contributed by atoms with Gasteiger partial charge in [0.1, 0.15) is 0 Å². The molecule has 0 aromatic rings. The molecule has 0 N–H and O–H groups in total. The predicted octanol–water partition coefficient (Wildman–Crippen LogP) is 3.94. The Balaban J connectivity index is 2.01. The van der Waals surface area contributed by atoms with E-state index in [1.54, 1.807) is 0 Å². The zero-order chi connectivity index (χ0) is 10.7. The predicted molar refractivity (Wildman–Crippen MR) is 63.9 cm³/mol. The minimum atomic E-state index is 0.233. The molecule has 0 radical (unpaired) electrons. The summed E-state index contributed by atoms with van der Waals surface area (Å²) in [6, 6.07) is 0. The highest BCUT2D eigenvalue weighted by Gasteiger charge is 2.37. The number of rotatable bonds is 1. The van der Waals surface area contributed by atoms with Gasteiger partial charge in [0.15, 0.2) is 0 Å². The molecule has 1 heterocycles. The third-order valence-electron chi connectivity index (χ3n) is 4.20. The second-order valence-corrected chi connectivity index (χ2v) is 5.60. The lowest BCUT2D eigenvalue weighted by molar-refractivity contribution is -0.0789. The van der Waals surface area contributed by atoms with Crippen LogP contribution in [0.2, 0.25) is 0 Å². The maximum atomic E-state index is 6.12. The topological polar surface area (TPSA) is 9.23 Å². The maximum absolute atomic E-state index is 6.12. The van der Waals surface area contributed by atoms with E-state index in [-0.39, 0.29) is 5.60 Å². The van der Waals surface area contributed by atoms with E-state index in [1.807, 2.05) is 0 Å². The van der Waals surface area contributed by atoms with Gasteiger partial charge < -0.3 is 4.74 Å². The second-order valence-electron chi connectivity index (χ2n) is 5.60. The molecule has 0 aromatic carbocycles. The SMILES string of the molecule is CC(C)[C@@H]1CCC[C@@]2(CCC=CCO2)C1. The Morgan fingerprint density at radius 1 is 1.27 bits per heavy atom. The molecule has 1 aliphatic heterocycles. The highest BCUT2D eigenvalue weighted by atomic mass is 16.5. The first-order valence-corrected chi connectivity index (χ1v) is 6.51. The molecular weight excluding hydrogens is 184 g/mol. The van der Waals surface area contributed by atoms with Crippen LogP contribution in [0.25, 0.3) is 0 Å². The van der Waals surface area contributed by atoms with Gasteiger partial charge in [-0.15, -0.1) is 0 Å². The van der Waals surface area contributed by atoms with E-state index >= 15 is 0 Å². The first-order valence-electron chi connectivity index (χ1n) is 6.51. The molecule has 1 spiro atoms. The fourth-order valence-corrected chi connectivity index (χ4v) is 3.12. The molecule has 0 aromatic heterocycles. The van der Waals surface area contributed by atoms with Crippen molar-refractivity contribution in [2.75, 3.05) is 6.61 Å². The zero-order valence-corrected chi connectivity index (χ0v) is 10.2. The molecular formula is C14H24O. The van der Waals surface area contributed by atoms with Crippen LogP contribution in [0.15, 0.2) is 12.2 Å². The van der Waals surface area contributed by atoms with Gasteiger partial charge in [-0.2, -0.15) is 0 Å². The van der Waals surface area contributed by atoms with Crippen molar-refractivity contribution in [1.29, 1.82) is 0 Å². The Bertz CT molecular complexity index is 219. The summed E-state index contributed by atoms with van der Waals surface area (Å²) in [7, 11) is 0. The van der Waals surface area contributed by atoms with Crippen LogP contribution in [0.5, 0.6) is 0 Å². The van der Waals surface area contributed by atoms with E-state index < -0.39 is 0 Å². The van der Waals surface area contributed by atoms with Crippen LogP contribution in [0.3, 0.4) is 0 Å². The quantitative estimate of drug-likeness (QED) is 0.593. The molecule has 86 valence electrons. The molecule has 2 rings (SSSR count). The van der Waals surface area contributed by atoms with E-state index in [1.165, 1.54) is 38.5 Å². The average molecular weight is 208 g/mol. The van der Waals surface area contributed by atoms with E-state index in [2.05, 4.69) is 26.0 Å². The van der Waals surface area contributed by atoms with Gasteiger partial charge in [0.2, 0.25) is 0 Å². The summed E-state index contributed by atoms with van der Waals surface area (Å²) in [4.78, 5) is 0. The Kier molecular flexibility index (Phi) is 3.50. The summed E-state index contributed by atoms with van der Waals surface area (Å²) >= 11 is 0. The van der Waals surface area contributed by atoms with Crippen molar-refractivity contribution in [2.24, 2.45) is 11.8 Å². The van der Waals surface area contributed by atoms with Gasteiger partial charge in [-0.1, -0.05) is 32.4 Å². The highest BCUT2D eigenvalue weighted by molar-refractivity contribution is 4.96. The van der Waals surface area contributed by atoms with Gasteiger partial charge in [-0.25, -0.2) is 0 Å². The molecule has 0 amide bonds. The summed E-state index contributed by atoms with van der Waals surface area (Å²) in [5, 5.41) is 0. The van der Waals surface area contributed by atoms with Gasteiger partial charge >= 0.3 is 0 Å². The van der Waals surface area contributed by atoms with Crippen molar-refractivity contribution in [2.45, 2.75) is 58.0 Å². The summed E-state index contributed by atoms with van der Waals surface area (Å²) in [6.07, 6.45) is 12.3. The normalized spacial score (nSPS) is 37.1. The molecule has 0 bridgehead atoms. The van der Waals surface area contributed by atoms with Crippen molar-refractivity contribution in [3.8, 4) is 0 Å². The van der Waals surface area contributed by atoms with Crippen molar-refractivity contribution in [1.82, 2.24) is 0 Å². The molecule has 1 heteroatoms.